The van der Waals surface area contributed by atoms with Gasteiger partial charge in [0.25, 0.3) is 0 Å². The van der Waals surface area contributed by atoms with Gasteiger partial charge in [-0.15, -0.1) is 0 Å². The molecule has 0 amide bonds. The third-order valence-electron chi connectivity index (χ3n) is 2.89. The molecule has 0 spiro atoms. The maximum Gasteiger partial charge on any atom is 0.117 e. The second-order valence-corrected chi connectivity index (χ2v) is 5.12. The van der Waals surface area contributed by atoms with Gasteiger partial charge >= 0.3 is 0 Å². The van der Waals surface area contributed by atoms with E-state index >= 15 is 0 Å². The number of benzene rings is 1. The Balaban J connectivity index is 1.91. The van der Waals surface area contributed by atoms with Crippen LogP contribution in [0.25, 0.3) is 0 Å². The molecule has 0 radical (unpaired) electrons. The van der Waals surface area contributed by atoms with Crippen LogP contribution in [0.2, 0.25) is 0 Å². The molecule has 0 saturated heterocycles. The van der Waals surface area contributed by atoms with Crippen LogP contribution in [0, 0.1) is 0 Å². The standard InChI is InChI=1S/C13H12N2OS/c16-9-4-6-10(7-5-9)17-13-11-2-1-3-12(11)14-8-15-13/h4-8,16H,1-3H2. The van der Waals surface area contributed by atoms with Gasteiger partial charge in [-0.25, -0.2) is 9.97 Å². The molecule has 1 N–H and O–H groups in total. The summed E-state index contributed by atoms with van der Waals surface area (Å²) in [5.41, 5.74) is 2.49. The fourth-order valence-corrected chi connectivity index (χ4v) is 2.98. The first-order chi connectivity index (χ1) is 8.33. The zero-order valence-electron chi connectivity index (χ0n) is 9.26. The number of rotatable bonds is 2. The summed E-state index contributed by atoms with van der Waals surface area (Å²) in [6.45, 7) is 0. The van der Waals surface area contributed by atoms with Gasteiger partial charge in [0.1, 0.15) is 17.1 Å². The number of aryl methyl sites for hydroxylation is 1. The Morgan fingerprint density at radius 1 is 1.06 bits per heavy atom. The van der Waals surface area contributed by atoms with E-state index in [0.717, 1.165) is 22.8 Å². The van der Waals surface area contributed by atoms with Crippen LogP contribution in [0.15, 0.2) is 40.5 Å². The molecule has 2 aromatic rings. The number of phenols is 1. The molecule has 1 heterocycles. The minimum atomic E-state index is 0.294. The van der Waals surface area contributed by atoms with Crippen molar-refractivity contribution in [3.8, 4) is 5.75 Å². The van der Waals surface area contributed by atoms with Gasteiger partial charge in [-0.3, -0.25) is 0 Å². The molecular formula is C13H12N2OS. The summed E-state index contributed by atoms with van der Waals surface area (Å²) in [6.07, 6.45) is 4.97. The highest BCUT2D eigenvalue weighted by atomic mass is 32.2. The summed E-state index contributed by atoms with van der Waals surface area (Å²) < 4.78 is 0. The highest BCUT2D eigenvalue weighted by molar-refractivity contribution is 7.99. The van der Waals surface area contributed by atoms with Crippen molar-refractivity contribution < 1.29 is 5.11 Å². The molecule has 1 aliphatic carbocycles. The van der Waals surface area contributed by atoms with E-state index in [0.29, 0.717) is 5.75 Å². The van der Waals surface area contributed by atoms with Gasteiger partial charge in [0.05, 0.1) is 0 Å². The lowest BCUT2D eigenvalue weighted by Crippen LogP contribution is -1.93. The van der Waals surface area contributed by atoms with E-state index in [1.165, 1.54) is 17.7 Å². The molecule has 0 unspecified atom stereocenters. The average Bonchev–Trinajstić information content (AvgIpc) is 2.81. The number of hydrogen-bond acceptors (Lipinski definition) is 4. The maximum absolute atomic E-state index is 9.24. The molecule has 86 valence electrons. The SMILES string of the molecule is Oc1ccc(Sc2ncnc3c2CCC3)cc1. The fourth-order valence-electron chi connectivity index (χ4n) is 2.04. The van der Waals surface area contributed by atoms with Crippen LogP contribution in [0.4, 0.5) is 0 Å². The van der Waals surface area contributed by atoms with Crippen LogP contribution in [0.5, 0.6) is 5.75 Å². The first-order valence-electron chi connectivity index (χ1n) is 5.62. The van der Waals surface area contributed by atoms with Crippen LogP contribution >= 0.6 is 11.8 Å². The van der Waals surface area contributed by atoms with Gasteiger partial charge in [-0.05, 0) is 43.5 Å². The minimum absolute atomic E-state index is 0.294. The molecule has 0 aliphatic heterocycles. The molecule has 1 aromatic heterocycles. The summed E-state index contributed by atoms with van der Waals surface area (Å²) in [5.74, 6) is 0.294. The molecule has 3 rings (SSSR count). The number of hydrogen-bond donors (Lipinski definition) is 1. The number of aromatic hydroxyl groups is 1. The van der Waals surface area contributed by atoms with E-state index in [1.807, 2.05) is 12.1 Å². The quantitative estimate of drug-likeness (QED) is 0.825. The average molecular weight is 244 g/mol. The molecular weight excluding hydrogens is 232 g/mol. The summed E-state index contributed by atoms with van der Waals surface area (Å²) in [7, 11) is 0. The Labute approximate surface area is 104 Å². The van der Waals surface area contributed by atoms with Gasteiger partial charge < -0.3 is 5.11 Å². The lowest BCUT2D eigenvalue weighted by atomic mass is 10.3. The maximum atomic E-state index is 9.24. The highest BCUT2D eigenvalue weighted by Gasteiger charge is 2.17. The first-order valence-corrected chi connectivity index (χ1v) is 6.44. The number of phenolic OH excluding ortho intramolecular Hbond substituents is 1. The van der Waals surface area contributed by atoms with Crippen molar-refractivity contribution in [1.82, 2.24) is 9.97 Å². The molecule has 0 atom stereocenters. The predicted molar refractivity (Wildman–Crippen MR) is 66.3 cm³/mol. The molecule has 17 heavy (non-hydrogen) atoms. The Hall–Kier alpha value is -1.55. The first kappa shape index (κ1) is 10.6. The Kier molecular flexibility index (Phi) is 2.73. The topological polar surface area (TPSA) is 46.0 Å². The van der Waals surface area contributed by atoms with Gasteiger partial charge in [-0.1, -0.05) is 11.8 Å². The molecule has 0 bridgehead atoms. The van der Waals surface area contributed by atoms with E-state index in [2.05, 4.69) is 9.97 Å². The smallest absolute Gasteiger partial charge is 0.117 e. The van der Waals surface area contributed by atoms with Crippen molar-refractivity contribution >= 4 is 11.8 Å². The van der Waals surface area contributed by atoms with E-state index in [4.69, 9.17) is 0 Å². The molecule has 1 aromatic carbocycles. The Morgan fingerprint density at radius 3 is 2.71 bits per heavy atom. The second kappa shape index (κ2) is 4.37. The van der Waals surface area contributed by atoms with Gasteiger partial charge in [0.15, 0.2) is 0 Å². The number of aromatic nitrogens is 2. The Morgan fingerprint density at radius 2 is 1.88 bits per heavy atom. The summed E-state index contributed by atoms with van der Waals surface area (Å²) in [5, 5.41) is 10.3. The molecule has 0 saturated carbocycles. The molecule has 3 nitrogen and oxygen atoms in total. The zero-order valence-corrected chi connectivity index (χ0v) is 10.1. The normalized spacial score (nSPS) is 13.6. The largest absolute Gasteiger partial charge is 0.508 e. The van der Waals surface area contributed by atoms with Crippen molar-refractivity contribution in [3.05, 3.63) is 41.9 Å². The van der Waals surface area contributed by atoms with E-state index in [-0.39, 0.29) is 0 Å². The third kappa shape index (κ3) is 2.13. The summed E-state index contributed by atoms with van der Waals surface area (Å²) >= 11 is 1.64. The van der Waals surface area contributed by atoms with Crippen molar-refractivity contribution in [3.63, 3.8) is 0 Å². The zero-order chi connectivity index (χ0) is 11.7. The van der Waals surface area contributed by atoms with Crippen molar-refractivity contribution in [2.45, 2.75) is 29.2 Å². The van der Waals surface area contributed by atoms with Gasteiger partial charge in [0, 0.05) is 16.2 Å². The van der Waals surface area contributed by atoms with Gasteiger partial charge in [0.2, 0.25) is 0 Å². The Bertz CT molecular complexity index is 540. The van der Waals surface area contributed by atoms with E-state index in [1.54, 1.807) is 30.2 Å². The van der Waals surface area contributed by atoms with Crippen molar-refractivity contribution in [1.29, 1.82) is 0 Å². The molecule has 0 fully saturated rings. The van der Waals surface area contributed by atoms with E-state index < -0.39 is 0 Å². The lowest BCUT2D eigenvalue weighted by Gasteiger charge is -2.05. The third-order valence-corrected chi connectivity index (χ3v) is 3.94. The predicted octanol–water partition coefficient (Wildman–Crippen LogP) is 2.82. The van der Waals surface area contributed by atoms with Crippen LogP contribution in [-0.4, -0.2) is 15.1 Å². The summed E-state index contributed by atoms with van der Waals surface area (Å²) in [4.78, 5) is 9.76. The molecule has 1 aliphatic rings. The van der Waals surface area contributed by atoms with Crippen LogP contribution in [0.1, 0.15) is 17.7 Å². The highest BCUT2D eigenvalue weighted by Crippen LogP contribution is 2.33. The van der Waals surface area contributed by atoms with Crippen molar-refractivity contribution in [2.24, 2.45) is 0 Å². The second-order valence-electron chi connectivity index (χ2n) is 4.05. The number of nitrogens with zero attached hydrogens (tertiary/aromatic N) is 2. The van der Waals surface area contributed by atoms with E-state index in [9.17, 15) is 5.11 Å². The van der Waals surface area contributed by atoms with Crippen LogP contribution in [-0.2, 0) is 12.8 Å². The molecule has 4 heteroatoms. The van der Waals surface area contributed by atoms with Gasteiger partial charge in [-0.2, -0.15) is 0 Å². The monoisotopic (exact) mass is 244 g/mol. The minimum Gasteiger partial charge on any atom is -0.508 e. The van der Waals surface area contributed by atoms with Crippen LogP contribution < -0.4 is 0 Å². The number of fused-ring (bicyclic) bond motifs is 1. The lowest BCUT2D eigenvalue weighted by molar-refractivity contribution is 0.475. The fraction of sp³-hybridized carbons (Fsp3) is 0.231. The van der Waals surface area contributed by atoms with Crippen molar-refractivity contribution in [2.75, 3.05) is 0 Å². The van der Waals surface area contributed by atoms with Crippen LogP contribution in [0.3, 0.4) is 0 Å². The summed E-state index contributed by atoms with van der Waals surface area (Å²) in [6, 6.07) is 7.21.